The highest BCUT2D eigenvalue weighted by molar-refractivity contribution is 9.10. The molecule has 3 nitrogen and oxygen atoms in total. The third-order valence-corrected chi connectivity index (χ3v) is 12.0. The van der Waals surface area contributed by atoms with Gasteiger partial charge in [0.05, 0.1) is 12.1 Å². The van der Waals surface area contributed by atoms with Crippen molar-refractivity contribution < 1.29 is 13.9 Å². The average molecular weight is 523 g/mol. The van der Waals surface area contributed by atoms with Crippen LogP contribution in [0.4, 0.5) is 4.39 Å². The van der Waals surface area contributed by atoms with Crippen LogP contribution in [-0.2, 0) is 4.43 Å². The van der Waals surface area contributed by atoms with Crippen LogP contribution in [0.1, 0.15) is 62.4 Å². The number of aliphatic hydroxyl groups excluding tert-OH is 1. The normalized spacial score (nSPS) is 18.5. The van der Waals surface area contributed by atoms with Crippen molar-refractivity contribution in [2.45, 2.75) is 76.9 Å². The molecule has 1 fully saturated rings. The maximum absolute atomic E-state index is 15.1. The van der Waals surface area contributed by atoms with E-state index in [0.717, 1.165) is 41.5 Å². The molecule has 0 spiro atoms. The monoisotopic (exact) mass is 521 g/mol. The van der Waals surface area contributed by atoms with Crippen molar-refractivity contribution in [3.05, 3.63) is 69.4 Å². The van der Waals surface area contributed by atoms with Gasteiger partial charge in [-0.05, 0) is 74.7 Å². The van der Waals surface area contributed by atoms with Gasteiger partial charge in [-0.3, -0.25) is 4.90 Å². The summed E-state index contributed by atoms with van der Waals surface area (Å²) in [6.45, 7) is 14.7. The summed E-state index contributed by atoms with van der Waals surface area (Å²) < 4.78 is 22.7. The molecule has 1 aliphatic rings. The number of aryl methyl sites for hydroxylation is 1. The van der Waals surface area contributed by atoms with Crippen LogP contribution in [0.2, 0.25) is 18.1 Å². The molecule has 1 N–H and O–H groups in total. The molecule has 3 atom stereocenters. The van der Waals surface area contributed by atoms with E-state index in [4.69, 9.17) is 4.43 Å². The number of halogens is 2. The summed E-state index contributed by atoms with van der Waals surface area (Å²) in [5, 5.41) is 11.9. The third-order valence-electron chi connectivity index (χ3n) is 7.08. The van der Waals surface area contributed by atoms with Gasteiger partial charge in [0.2, 0.25) is 0 Å². The first-order valence-electron chi connectivity index (χ1n) is 11.5. The Morgan fingerprint density at radius 2 is 1.66 bits per heavy atom. The lowest BCUT2D eigenvalue weighted by atomic mass is 9.92. The largest absolute Gasteiger partial charge is 0.407 e. The molecule has 3 rings (SSSR count). The Labute approximate surface area is 202 Å². The molecule has 0 aliphatic carbocycles. The lowest BCUT2D eigenvalue weighted by Crippen LogP contribution is -2.47. The van der Waals surface area contributed by atoms with E-state index in [0.29, 0.717) is 5.56 Å². The van der Waals surface area contributed by atoms with Crippen molar-refractivity contribution in [3.63, 3.8) is 0 Å². The molecule has 2 aromatic carbocycles. The Hall–Kier alpha value is -1.05. The van der Waals surface area contributed by atoms with Crippen LogP contribution >= 0.6 is 15.9 Å². The van der Waals surface area contributed by atoms with Crippen molar-refractivity contribution in [2.24, 2.45) is 0 Å². The van der Waals surface area contributed by atoms with Crippen molar-refractivity contribution in [1.29, 1.82) is 0 Å². The van der Waals surface area contributed by atoms with Crippen LogP contribution < -0.4 is 0 Å². The highest BCUT2D eigenvalue weighted by atomic mass is 79.9. The average Bonchev–Trinajstić information content (AvgIpc) is 3.23. The third kappa shape index (κ3) is 5.71. The second kappa shape index (κ2) is 10.1. The van der Waals surface area contributed by atoms with E-state index in [2.05, 4.69) is 66.8 Å². The fourth-order valence-corrected chi connectivity index (χ4v) is 5.75. The van der Waals surface area contributed by atoms with E-state index in [9.17, 15) is 5.11 Å². The van der Waals surface area contributed by atoms with Crippen LogP contribution in [0.25, 0.3) is 0 Å². The summed E-state index contributed by atoms with van der Waals surface area (Å²) in [6.07, 6.45) is 0.656. The summed E-state index contributed by atoms with van der Waals surface area (Å²) in [5.74, 6) is -0.292. The molecular formula is C26H37BrFNO2Si. The van der Waals surface area contributed by atoms with Gasteiger partial charge in [0, 0.05) is 10.0 Å². The fraction of sp³-hybridized carbons (Fsp3) is 0.538. The number of hydrogen-bond donors (Lipinski definition) is 1. The SMILES string of the molecule is Cc1ccc([C@@H](O[Si](C)(C)C(C)(C)C)[C@@H](O)[C@H](c2cc(Br)ccc2F)N2CCCC2)cc1. The minimum Gasteiger partial charge on any atom is -0.407 e. The van der Waals surface area contributed by atoms with Crippen molar-refractivity contribution in [1.82, 2.24) is 4.90 Å². The molecule has 0 radical (unpaired) electrons. The van der Waals surface area contributed by atoms with E-state index in [-0.39, 0.29) is 10.9 Å². The second-order valence-electron chi connectivity index (χ2n) is 10.6. The van der Waals surface area contributed by atoms with Crippen LogP contribution in [0, 0.1) is 12.7 Å². The standard InChI is InChI=1S/C26H37BrFNO2Si/c1-18-9-11-19(12-10-18)25(31-32(5,6)26(2,3)4)24(30)23(29-15-7-8-16-29)21-17-20(27)13-14-22(21)28/h9-14,17,23-25,30H,7-8,15-16H2,1-6H3/t23-,24-,25+/m0/s1. The van der Waals surface area contributed by atoms with Crippen molar-refractivity contribution >= 4 is 24.2 Å². The number of nitrogens with zero attached hydrogens (tertiary/aromatic N) is 1. The van der Waals surface area contributed by atoms with Crippen LogP contribution in [-0.4, -0.2) is 37.5 Å². The van der Waals surface area contributed by atoms with E-state index < -0.39 is 26.6 Å². The molecule has 6 heteroatoms. The molecular weight excluding hydrogens is 485 g/mol. The van der Waals surface area contributed by atoms with Gasteiger partial charge in [-0.2, -0.15) is 0 Å². The number of aliphatic hydroxyl groups is 1. The van der Waals surface area contributed by atoms with Crippen LogP contribution in [0.5, 0.6) is 0 Å². The molecule has 0 aromatic heterocycles. The zero-order valence-electron chi connectivity index (χ0n) is 20.2. The molecule has 1 aliphatic heterocycles. The molecule has 0 amide bonds. The number of likely N-dealkylation sites (tertiary alicyclic amines) is 1. The first-order chi connectivity index (χ1) is 14.9. The minimum atomic E-state index is -2.22. The smallest absolute Gasteiger partial charge is 0.193 e. The Morgan fingerprint density at radius 1 is 1.06 bits per heavy atom. The van der Waals surface area contributed by atoms with Gasteiger partial charge in [0.1, 0.15) is 11.9 Å². The first kappa shape index (κ1) is 25.6. The van der Waals surface area contributed by atoms with Crippen LogP contribution in [0.3, 0.4) is 0 Å². The van der Waals surface area contributed by atoms with Gasteiger partial charge in [-0.1, -0.05) is 66.5 Å². The Balaban J connectivity index is 2.09. The van der Waals surface area contributed by atoms with Gasteiger partial charge >= 0.3 is 0 Å². The maximum Gasteiger partial charge on any atom is 0.193 e. The lowest BCUT2D eigenvalue weighted by Gasteiger charge is -2.43. The fourth-order valence-electron chi connectivity index (χ4n) is 4.11. The van der Waals surface area contributed by atoms with E-state index in [1.807, 2.05) is 19.1 Å². The summed E-state index contributed by atoms with van der Waals surface area (Å²) in [4.78, 5) is 2.21. The highest BCUT2D eigenvalue weighted by Gasteiger charge is 2.44. The van der Waals surface area contributed by atoms with Gasteiger partial charge in [-0.25, -0.2) is 4.39 Å². The minimum absolute atomic E-state index is 0.0141. The maximum atomic E-state index is 15.1. The zero-order valence-corrected chi connectivity index (χ0v) is 22.7. The van der Waals surface area contributed by atoms with Gasteiger partial charge < -0.3 is 9.53 Å². The molecule has 1 heterocycles. The number of benzene rings is 2. The van der Waals surface area contributed by atoms with Gasteiger partial charge in [-0.15, -0.1) is 0 Å². The molecule has 32 heavy (non-hydrogen) atoms. The summed E-state index contributed by atoms with van der Waals surface area (Å²) in [6, 6.07) is 12.7. The van der Waals surface area contributed by atoms with E-state index in [1.54, 1.807) is 12.1 Å². The Bertz CT molecular complexity index is 907. The summed E-state index contributed by atoms with van der Waals surface area (Å²) in [7, 11) is -2.22. The van der Waals surface area contributed by atoms with Crippen LogP contribution in [0.15, 0.2) is 46.9 Å². The van der Waals surface area contributed by atoms with Gasteiger partial charge in [0.15, 0.2) is 8.32 Å². The first-order valence-corrected chi connectivity index (χ1v) is 15.2. The molecule has 176 valence electrons. The zero-order chi connectivity index (χ0) is 23.7. The van der Waals surface area contributed by atoms with Gasteiger partial charge in [0.25, 0.3) is 0 Å². The topological polar surface area (TPSA) is 32.7 Å². The Kier molecular flexibility index (Phi) is 8.04. The summed E-state index contributed by atoms with van der Waals surface area (Å²) in [5.41, 5.74) is 2.61. The number of hydrogen-bond acceptors (Lipinski definition) is 3. The van der Waals surface area contributed by atoms with E-state index in [1.165, 1.54) is 6.07 Å². The second-order valence-corrected chi connectivity index (χ2v) is 16.2. The molecule has 0 bridgehead atoms. The quantitative estimate of drug-likeness (QED) is 0.392. The molecule has 1 saturated heterocycles. The predicted octanol–water partition coefficient (Wildman–Crippen LogP) is 7.16. The molecule has 0 saturated carbocycles. The van der Waals surface area contributed by atoms with E-state index >= 15 is 4.39 Å². The van der Waals surface area contributed by atoms with Crippen molar-refractivity contribution in [2.75, 3.05) is 13.1 Å². The predicted molar refractivity (Wildman–Crippen MR) is 136 cm³/mol. The molecule has 0 unspecified atom stereocenters. The summed E-state index contributed by atoms with van der Waals surface area (Å²) >= 11 is 3.50. The Morgan fingerprint density at radius 3 is 2.22 bits per heavy atom. The lowest BCUT2D eigenvalue weighted by molar-refractivity contribution is -0.0312. The number of rotatable bonds is 7. The molecule has 2 aromatic rings. The van der Waals surface area contributed by atoms with Crippen molar-refractivity contribution in [3.8, 4) is 0 Å². The highest BCUT2D eigenvalue weighted by Crippen LogP contribution is 2.44.